The lowest BCUT2D eigenvalue weighted by molar-refractivity contribution is -0.138. The average Bonchev–Trinajstić information content (AvgIpc) is 2.27. The van der Waals surface area contributed by atoms with E-state index in [9.17, 15) is 14.4 Å². The van der Waals surface area contributed by atoms with Crippen molar-refractivity contribution in [3.05, 3.63) is 28.8 Å². The van der Waals surface area contributed by atoms with Gasteiger partial charge in [0.1, 0.15) is 0 Å². The highest BCUT2D eigenvalue weighted by Gasteiger charge is 2.17. The summed E-state index contributed by atoms with van der Waals surface area (Å²) in [6.07, 6.45) is -0.507. The van der Waals surface area contributed by atoms with Crippen LogP contribution in [-0.4, -0.2) is 34.1 Å². The van der Waals surface area contributed by atoms with Gasteiger partial charge in [-0.15, -0.1) is 0 Å². The van der Waals surface area contributed by atoms with Crippen LogP contribution in [0.1, 0.15) is 16.8 Å². The number of hydrogen-bond acceptors (Lipinski definition) is 4. The maximum atomic E-state index is 11.5. The Morgan fingerprint density at radius 1 is 1.32 bits per heavy atom. The van der Waals surface area contributed by atoms with Crippen LogP contribution in [0.2, 0.25) is 5.02 Å². The first-order valence-electron chi connectivity index (χ1n) is 5.12. The third-order valence-electron chi connectivity index (χ3n) is 2.20. The number of halogens is 1. The van der Waals surface area contributed by atoms with E-state index in [0.717, 1.165) is 0 Å². The van der Waals surface area contributed by atoms with E-state index in [1.807, 2.05) is 0 Å². The molecule has 0 aliphatic heterocycles. The minimum atomic E-state index is -1.20. The number of hydrogen-bond donors (Lipinski definition) is 4. The van der Waals surface area contributed by atoms with Crippen molar-refractivity contribution in [2.24, 2.45) is 5.73 Å². The van der Waals surface area contributed by atoms with Crippen LogP contribution < -0.4 is 11.1 Å². The predicted molar refractivity (Wildman–Crippen MR) is 67.3 cm³/mol. The molecule has 0 aliphatic rings. The molecule has 102 valence electrons. The molecular weight excluding hydrogens is 276 g/mol. The van der Waals surface area contributed by atoms with Gasteiger partial charge in [-0.3, -0.25) is 9.59 Å². The Labute approximate surface area is 113 Å². The first-order chi connectivity index (χ1) is 8.81. The lowest BCUT2D eigenvalue weighted by Gasteiger charge is -2.11. The minimum Gasteiger partial charge on any atom is -0.481 e. The van der Waals surface area contributed by atoms with Gasteiger partial charge in [-0.2, -0.15) is 0 Å². The zero-order chi connectivity index (χ0) is 14.6. The maximum absolute atomic E-state index is 11.5. The SMILES string of the molecule is NC(CC(=O)O)C(=O)Nc1ccc(C(=O)O)c(Cl)c1. The molecule has 1 unspecified atom stereocenters. The number of amides is 1. The number of rotatable bonds is 5. The van der Waals surface area contributed by atoms with Crippen molar-refractivity contribution in [2.75, 3.05) is 5.32 Å². The van der Waals surface area contributed by atoms with Crippen molar-refractivity contribution in [3.8, 4) is 0 Å². The zero-order valence-electron chi connectivity index (χ0n) is 9.59. The summed E-state index contributed by atoms with van der Waals surface area (Å²) in [7, 11) is 0. The number of anilines is 1. The van der Waals surface area contributed by atoms with Gasteiger partial charge in [0.25, 0.3) is 0 Å². The van der Waals surface area contributed by atoms with Gasteiger partial charge in [-0.1, -0.05) is 11.6 Å². The summed E-state index contributed by atoms with van der Waals surface area (Å²) in [6.45, 7) is 0. The molecule has 0 aromatic heterocycles. The van der Waals surface area contributed by atoms with E-state index >= 15 is 0 Å². The molecule has 1 aromatic carbocycles. The summed E-state index contributed by atoms with van der Waals surface area (Å²) in [4.78, 5) is 32.6. The van der Waals surface area contributed by atoms with E-state index in [1.54, 1.807) is 0 Å². The van der Waals surface area contributed by atoms with Crippen molar-refractivity contribution in [1.82, 2.24) is 0 Å². The molecule has 0 radical (unpaired) electrons. The van der Waals surface area contributed by atoms with Gasteiger partial charge in [0.2, 0.25) is 5.91 Å². The summed E-state index contributed by atoms with van der Waals surface area (Å²) < 4.78 is 0. The molecule has 19 heavy (non-hydrogen) atoms. The Morgan fingerprint density at radius 3 is 2.42 bits per heavy atom. The van der Waals surface area contributed by atoms with Crippen LogP contribution in [0, 0.1) is 0 Å². The van der Waals surface area contributed by atoms with Gasteiger partial charge < -0.3 is 21.3 Å². The van der Waals surface area contributed by atoms with E-state index in [-0.39, 0.29) is 16.3 Å². The fourth-order valence-electron chi connectivity index (χ4n) is 1.28. The molecule has 1 rings (SSSR count). The summed E-state index contributed by atoms with van der Waals surface area (Å²) in [6, 6.07) is 2.61. The predicted octanol–water partition coefficient (Wildman–Crippen LogP) is 0.779. The lowest BCUT2D eigenvalue weighted by atomic mass is 10.2. The summed E-state index contributed by atoms with van der Waals surface area (Å²) in [5.74, 6) is -3.08. The number of nitrogens with one attached hydrogen (secondary N) is 1. The number of aliphatic carboxylic acids is 1. The zero-order valence-corrected chi connectivity index (χ0v) is 10.3. The fraction of sp³-hybridized carbons (Fsp3) is 0.182. The van der Waals surface area contributed by atoms with Crippen LogP contribution in [0.4, 0.5) is 5.69 Å². The molecule has 0 saturated heterocycles. The van der Waals surface area contributed by atoms with E-state index in [0.29, 0.717) is 0 Å². The Balaban J connectivity index is 2.78. The third-order valence-corrected chi connectivity index (χ3v) is 2.51. The highest BCUT2D eigenvalue weighted by Crippen LogP contribution is 2.21. The minimum absolute atomic E-state index is 0.0443. The number of carbonyl (C=O) groups is 3. The molecular formula is C11H11ClN2O5. The average molecular weight is 287 g/mol. The van der Waals surface area contributed by atoms with E-state index in [1.165, 1.54) is 18.2 Å². The number of nitrogens with two attached hydrogens (primary N) is 1. The Morgan fingerprint density at radius 2 is 1.95 bits per heavy atom. The fourth-order valence-corrected chi connectivity index (χ4v) is 1.54. The number of carboxylic acid groups (broad SMARTS) is 2. The van der Waals surface area contributed by atoms with Crippen LogP contribution in [0.5, 0.6) is 0 Å². The second-order valence-electron chi connectivity index (χ2n) is 3.69. The van der Waals surface area contributed by atoms with Crippen LogP contribution in [0.3, 0.4) is 0 Å². The van der Waals surface area contributed by atoms with Crippen molar-refractivity contribution in [3.63, 3.8) is 0 Å². The molecule has 8 heteroatoms. The first-order valence-corrected chi connectivity index (χ1v) is 5.50. The van der Waals surface area contributed by atoms with Crippen LogP contribution in [0.25, 0.3) is 0 Å². The van der Waals surface area contributed by atoms with Gasteiger partial charge in [-0.25, -0.2) is 4.79 Å². The van der Waals surface area contributed by atoms with Crippen molar-refractivity contribution in [1.29, 1.82) is 0 Å². The quantitative estimate of drug-likeness (QED) is 0.633. The molecule has 0 saturated carbocycles. The second kappa shape index (κ2) is 6.17. The molecule has 1 atom stereocenters. The van der Waals surface area contributed by atoms with Gasteiger partial charge in [-0.05, 0) is 18.2 Å². The third kappa shape index (κ3) is 4.23. The number of carboxylic acids is 2. The molecule has 0 bridgehead atoms. The molecule has 1 aromatic rings. The molecule has 7 nitrogen and oxygen atoms in total. The lowest BCUT2D eigenvalue weighted by Crippen LogP contribution is -2.37. The standard InChI is InChI=1S/C11H11ClN2O5/c12-7-3-5(1-2-6(7)11(18)19)14-10(17)8(13)4-9(15)16/h1-3,8H,4,13H2,(H,14,17)(H,15,16)(H,18,19). The normalized spacial score (nSPS) is 11.7. The Kier molecular flexibility index (Phi) is 4.85. The van der Waals surface area contributed by atoms with Gasteiger partial charge >= 0.3 is 11.9 Å². The van der Waals surface area contributed by atoms with Crippen LogP contribution in [0.15, 0.2) is 18.2 Å². The van der Waals surface area contributed by atoms with Crippen molar-refractivity contribution < 1.29 is 24.6 Å². The summed E-state index contributed by atoms with van der Waals surface area (Å²) in [5, 5.41) is 19.6. The van der Waals surface area contributed by atoms with Crippen molar-refractivity contribution >= 4 is 35.1 Å². The number of benzene rings is 1. The van der Waals surface area contributed by atoms with Gasteiger partial charge in [0.05, 0.1) is 23.0 Å². The van der Waals surface area contributed by atoms with E-state index in [4.69, 9.17) is 27.5 Å². The van der Waals surface area contributed by atoms with Crippen LogP contribution in [-0.2, 0) is 9.59 Å². The molecule has 0 fully saturated rings. The second-order valence-corrected chi connectivity index (χ2v) is 4.10. The van der Waals surface area contributed by atoms with Crippen molar-refractivity contribution in [2.45, 2.75) is 12.5 Å². The largest absolute Gasteiger partial charge is 0.481 e. The summed E-state index contributed by atoms with van der Waals surface area (Å²) >= 11 is 5.71. The van der Waals surface area contributed by atoms with Gasteiger partial charge in [0.15, 0.2) is 0 Å². The molecule has 0 spiro atoms. The Hall–Kier alpha value is -2.12. The van der Waals surface area contributed by atoms with E-state index in [2.05, 4.69) is 5.32 Å². The number of carbonyl (C=O) groups excluding carboxylic acids is 1. The summed E-state index contributed by atoms with van der Waals surface area (Å²) in [5.41, 5.74) is 5.50. The highest BCUT2D eigenvalue weighted by atomic mass is 35.5. The molecule has 0 aliphatic carbocycles. The number of aromatic carboxylic acids is 1. The first kappa shape index (κ1) is 14.9. The smallest absolute Gasteiger partial charge is 0.337 e. The maximum Gasteiger partial charge on any atom is 0.337 e. The molecule has 1 amide bonds. The highest BCUT2D eigenvalue weighted by molar-refractivity contribution is 6.33. The monoisotopic (exact) mass is 286 g/mol. The van der Waals surface area contributed by atoms with Gasteiger partial charge in [0, 0.05) is 5.69 Å². The molecule has 5 N–H and O–H groups in total. The Bertz CT molecular complexity index is 532. The van der Waals surface area contributed by atoms with Crippen LogP contribution >= 0.6 is 11.6 Å². The molecule has 0 heterocycles. The van der Waals surface area contributed by atoms with E-state index < -0.39 is 30.3 Å². The topological polar surface area (TPSA) is 130 Å².